The van der Waals surface area contributed by atoms with E-state index in [1.54, 1.807) is 23.1 Å². The summed E-state index contributed by atoms with van der Waals surface area (Å²) in [4.78, 5) is 15.5. The molecule has 0 bridgehead atoms. The zero-order valence-electron chi connectivity index (χ0n) is 12.6. The highest BCUT2D eigenvalue weighted by atomic mass is 19.1. The number of aryl methyl sites for hydroxylation is 1. The van der Waals surface area contributed by atoms with Crippen LogP contribution in [0.4, 0.5) is 9.18 Å². The molecule has 2 heterocycles. The lowest BCUT2D eigenvalue weighted by atomic mass is 10.2. The number of benzene rings is 1. The summed E-state index contributed by atoms with van der Waals surface area (Å²) < 4.78 is 24.6. The first-order valence-electron chi connectivity index (χ1n) is 7.21. The lowest BCUT2D eigenvalue weighted by molar-refractivity contribution is 0.195. The summed E-state index contributed by atoms with van der Waals surface area (Å²) in [7, 11) is 0. The number of halogens is 1. The van der Waals surface area contributed by atoms with Crippen molar-refractivity contribution in [1.29, 1.82) is 0 Å². The monoisotopic (exact) mass is 331 g/mol. The van der Waals surface area contributed by atoms with Gasteiger partial charge in [-0.05, 0) is 35.8 Å². The zero-order chi connectivity index (χ0) is 16.8. The number of rotatable bonds is 6. The third-order valence-corrected chi connectivity index (χ3v) is 3.11. The van der Waals surface area contributed by atoms with E-state index in [0.29, 0.717) is 30.8 Å². The van der Waals surface area contributed by atoms with E-state index in [4.69, 9.17) is 9.26 Å². The Morgan fingerprint density at radius 3 is 2.92 bits per heavy atom. The molecular formula is C15H14FN5O3. The number of hydrogen-bond donors (Lipinski definition) is 1. The van der Waals surface area contributed by atoms with Crippen molar-refractivity contribution in [3.8, 4) is 17.2 Å². The van der Waals surface area contributed by atoms with Gasteiger partial charge in [-0.3, -0.25) is 4.68 Å². The lowest BCUT2D eigenvalue weighted by Crippen LogP contribution is -2.28. The van der Waals surface area contributed by atoms with Crippen molar-refractivity contribution in [1.82, 2.24) is 25.2 Å². The summed E-state index contributed by atoms with van der Waals surface area (Å²) in [5, 5.41) is 10.2. The van der Waals surface area contributed by atoms with Crippen LogP contribution in [0.1, 0.15) is 6.42 Å². The van der Waals surface area contributed by atoms with Gasteiger partial charge in [0.1, 0.15) is 18.5 Å². The molecule has 0 aliphatic heterocycles. The second-order valence-electron chi connectivity index (χ2n) is 4.86. The number of nitrogens with one attached hydrogen (secondary N) is 1. The molecule has 0 aliphatic rings. The van der Waals surface area contributed by atoms with E-state index in [1.165, 1.54) is 24.5 Å². The maximum absolute atomic E-state index is 12.9. The number of nitrogens with zero attached hydrogens (tertiary/aromatic N) is 4. The molecule has 24 heavy (non-hydrogen) atoms. The maximum Gasteiger partial charge on any atom is 0.414 e. The van der Waals surface area contributed by atoms with Gasteiger partial charge in [0.25, 0.3) is 5.88 Å². The van der Waals surface area contributed by atoms with Gasteiger partial charge in [0.15, 0.2) is 5.76 Å². The molecular weight excluding hydrogens is 317 g/mol. The summed E-state index contributed by atoms with van der Waals surface area (Å²) in [6.07, 6.45) is 3.10. The van der Waals surface area contributed by atoms with Crippen LogP contribution in [0.2, 0.25) is 0 Å². The molecule has 3 rings (SSSR count). The molecule has 124 valence electrons. The Labute approximate surface area is 136 Å². The highest BCUT2D eigenvalue weighted by Gasteiger charge is 2.11. The van der Waals surface area contributed by atoms with Gasteiger partial charge >= 0.3 is 6.09 Å². The molecule has 2 aromatic heterocycles. The van der Waals surface area contributed by atoms with Gasteiger partial charge in [-0.25, -0.2) is 14.2 Å². The van der Waals surface area contributed by atoms with Crippen molar-refractivity contribution in [2.24, 2.45) is 0 Å². The quantitative estimate of drug-likeness (QED) is 0.696. The molecule has 0 spiro atoms. The highest BCUT2D eigenvalue weighted by molar-refractivity contribution is 5.70. The number of ether oxygens (including phenoxy) is 1. The number of hydrogen-bond acceptors (Lipinski definition) is 6. The van der Waals surface area contributed by atoms with Crippen LogP contribution in [0.3, 0.4) is 0 Å². The lowest BCUT2D eigenvalue weighted by Gasteiger charge is -2.03. The van der Waals surface area contributed by atoms with Crippen LogP contribution in [0.15, 0.2) is 47.5 Å². The largest absolute Gasteiger partial charge is 0.414 e. The molecule has 0 unspecified atom stereocenters. The minimum absolute atomic E-state index is 0.0306. The summed E-state index contributed by atoms with van der Waals surface area (Å²) in [5.41, 5.74) is 0.631. The van der Waals surface area contributed by atoms with Crippen molar-refractivity contribution < 1.29 is 18.4 Å². The van der Waals surface area contributed by atoms with E-state index in [-0.39, 0.29) is 11.7 Å². The first-order chi connectivity index (χ1) is 11.7. The fourth-order valence-corrected chi connectivity index (χ4v) is 1.97. The number of carbonyl (C=O) groups excluding carboxylic acids is 1. The highest BCUT2D eigenvalue weighted by Crippen LogP contribution is 2.23. The molecule has 0 saturated carbocycles. The first-order valence-corrected chi connectivity index (χ1v) is 7.21. The van der Waals surface area contributed by atoms with Crippen molar-refractivity contribution in [3.05, 3.63) is 48.8 Å². The SMILES string of the molecule is O=C(NCCCn1cncn1)Oc1cc(-c2ccc(F)cc2)on1. The molecule has 1 amide bonds. The Kier molecular flexibility index (Phi) is 4.80. The Balaban J connectivity index is 1.45. The van der Waals surface area contributed by atoms with Gasteiger partial charge in [-0.15, -0.1) is 0 Å². The van der Waals surface area contributed by atoms with Crippen molar-refractivity contribution in [2.45, 2.75) is 13.0 Å². The molecule has 0 aliphatic carbocycles. The molecule has 0 atom stereocenters. The van der Waals surface area contributed by atoms with Gasteiger partial charge in [0, 0.05) is 18.7 Å². The first kappa shape index (κ1) is 15.7. The summed E-state index contributed by atoms with van der Waals surface area (Å²) >= 11 is 0. The van der Waals surface area contributed by atoms with Crippen molar-refractivity contribution in [3.63, 3.8) is 0 Å². The normalized spacial score (nSPS) is 10.5. The molecule has 1 aromatic carbocycles. The van der Waals surface area contributed by atoms with Crippen LogP contribution in [-0.4, -0.2) is 32.6 Å². The predicted octanol–water partition coefficient (Wildman–Crippen LogP) is 2.25. The minimum Gasteiger partial charge on any atom is -0.388 e. The fraction of sp³-hybridized carbons (Fsp3) is 0.200. The van der Waals surface area contributed by atoms with Crippen LogP contribution in [0.25, 0.3) is 11.3 Å². The van der Waals surface area contributed by atoms with Crippen LogP contribution in [0, 0.1) is 5.82 Å². The minimum atomic E-state index is -0.632. The van der Waals surface area contributed by atoms with E-state index in [9.17, 15) is 9.18 Å². The molecule has 3 aromatic rings. The van der Waals surface area contributed by atoms with E-state index >= 15 is 0 Å². The van der Waals surface area contributed by atoms with Crippen LogP contribution in [-0.2, 0) is 6.54 Å². The van der Waals surface area contributed by atoms with Crippen LogP contribution >= 0.6 is 0 Å². The molecule has 8 nitrogen and oxygen atoms in total. The fourth-order valence-electron chi connectivity index (χ4n) is 1.97. The second kappa shape index (κ2) is 7.36. The number of carbonyl (C=O) groups is 1. The third kappa shape index (κ3) is 4.15. The molecule has 9 heteroatoms. The third-order valence-electron chi connectivity index (χ3n) is 3.11. The zero-order valence-corrected chi connectivity index (χ0v) is 12.6. The molecule has 0 radical (unpaired) electrons. The van der Waals surface area contributed by atoms with E-state index in [1.807, 2.05) is 0 Å². The second-order valence-corrected chi connectivity index (χ2v) is 4.86. The maximum atomic E-state index is 12.9. The average Bonchev–Trinajstić information content (AvgIpc) is 3.24. The van der Waals surface area contributed by atoms with Crippen LogP contribution in [0.5, 0.6) is 5.88 Å². The van der Waals surface area contributed by atoms with Gasteiger partial charge in [-0.2, -0.15) is 5.10 Å². The van der Waals surface area contributed by atoms with E-state index in [2.05, 4.69) is 20.6 Å². The van der Waals surface area contributed by atoms with Gasteiger partial charge in [-0.1, -0.05) is 0 Å². The molecule has 1 N–H and O–H groups in total. The number of aromatic nitrogens is 4. The van der Waals surface area contributed by atoms with Crippen molar-refractivity contribution >= 4 is 6.09 Å². The Bertz CT molecular complexity index is 786. The Morgan fingerprint density at radius 1 is 1.33 bits per heavy atom. The summed E-state index contributed by atoms with van der Waals surface area (Å²) in [6, 6.07) is 7.16. The van der Waals surface area contributed by atoms with Crippen molar-refractivity contribution in [2.75, 3.05) is 6.54 Å². The number of amides is 1. The summed E-state index contributed by atoms with van der Waals surface area (Å²) in [5.74, 6) is 0.0621. The van der Waals surface area contributed by atoms with Gasteiger partial charge < -0.3 is 14.6 Å². The molecule has 0 saturated heterocycles. The Hall–Kier alpha value is -3.23. The Morgan fingerprint density at radius 2 is 2.17 bits per heavy atom. The average molecular weight is 331 g/mol. The van der Waals surface area contributed by atoms with Gasteiger partial charge in [0.05, 0.1) is 6.07 Å². The van der Waals surface area contributed by atoms with Crippen LogP contribution < -0.4 is 10.1 Å². The molecule has 0 fully saturated rings. The summed E-state index contributed by atoms with van der Waals surface area (Å²) in [6.45, 7) is 1.06. The van der Waals surface area contributed by atoms with Gasteiger partial charge in [0.2, 0.25) is 0 Å². The topological polar surface area (TPSA) is 95.1 Å². The standard InChI is InChI=1S/C15H14FN5O3/c16-12-4-2-11(3-5-12)13-8-14(20-24-13)23-15(22)18-6-1-7-21-10-17-9-19-21/h2-5,8-10H,1,6-7H2,(H,18,22). The van der Waals surface area contributed by atoms with E-state index < -0.39 is 6.09 Å². The van der Waals surface area contributed by atoms with E-state index in [0.717, 1.165) is 0 Å². The smallest absolute Gasteiger partial charge is 0.388 e. The predicted molar refractivity (Wildman–Crippen MR) is 80.6 cm³/mol.